The van der Waals surface area contributed by atoms with E-state index in [-0.39, 0.29) is 16.5 Å². The van der Waals surface area contributed by atoms with Crippen molar-refractivity contribution >= 4 is 23.0 Å². The van der Waals surface area contributed by atoms with Gasteiger partial charge in [-0.15, -0.1) is 0 Å². The monoisotopic (exact) mass is 380 g/mol. The van der Waals surface area contributed by atoms with Gasteiger partial charge in [0.2, 0.25) is 0 Å². The Morgan fingerprint density at radius 2 is 1.75 bits per heavy atom. The van der Waals surface area contributed by atoms with E-state index in [1.54, 1.807) is 12.1 Å². The molecule has 0 aromatic heterocycles. The van der Waals surface area contributed by atoms with Crippen LogP contribution in [0.3, 0.4) is 0 Å². The van der Waals surface area contributed by atoms with Gasteiger partial charge in [-0.3, -0.25) is 14.9 Å². The van der Waals surface area contributed by atoms with Gasteiger partial charge >= 0.3 is 0 Å². The summed E-state index contributed by atoms with van der Waals surface area (Å²) in [5, 5.41) is 14.7. The lowest BCUT2D eigenvalue weighted by Gasteiger charge is -2.36. The molecule has 2 aromatic rings. The van der Waals surface area contributed by atoms with Crippen LogP contribution in [0.2, 0.25) is 0 Å². The molecule has 1 aliphatic heterocycles. The normalized spacial score (nSPS) is 17.1. The summed E-state index contributed by atoms with van der Waals surface area (Å²) in [5.41, 5.74) is 2.38. The molecule has 1 heterocycles. The number of nitrogens with one attached hydrogen (secondary N) is 1. The van der Waals surface area contributed by atoms with Crippen molar-refractivity contribution in [2.75, 3.05) is 36.4 Å². The van der Waals surface area contributed by atoms with E-state index in [0.29, 0.717) is 43.5 Å². The molecule has 146 valence electrons. The second kappa shape index (κ2) is 7.88. The maximum atomic E-state index is 12.6. The van der Waals surface area contributed by atoms with Crippen LogP contribution >= 0.6 is 0 Å². The van der Waals surface area contributed by atoms with Gasteiger partial charge in [-0.25, -0.2) is 0 Å². The molecule has 0 atom stereocenters. The van der Waals surface area contributed by atoms with Crippen molar-refractivity contribution in [3.63, 3.8) is 0 Å². The van der Waals surface area contributed by atoms with Gasteiger partial charge in [0, 0.05) is 49.5 Å². The van der Waals surface area contributed by atoms with E-state index in [4.69, 9.17) is 0 Å². The minimum atomic E-state index is -0.332. The third-order valence-electron chi connectivity index (χ3n) is 5.59. The smallest absolute Gasteiger partial charge is 0.292 e. The molecule has 0 unspecified atom stereocenters. The number of carbonyl (C=O) groups excluding carboxylic acids is 1. The maximum Gasteiger partial charge on any atom is 0.292 e. The topological polar surface area (TPSA) is 78.7 Å². The summed E-state index contributed by atoms with van der Waals surface area (Å²) in [6.07, 6.45) is 3.28. The van der Waals surface area contributed by atoms with Crippen LogP contribution in [0, 0.1) is 10.1 Å². The molecule has 0 radical (unpaired) electrons. The standard InChI is InChI=1S/C21H24N4O3/c26-21(16-5-2-1-3-6-16)24-13-11-23(12-14-24)18-9-10-20(25(27)28)19(15-18)22-17-7-4-8-17/h1-3,5-6,9-10,15,17,22H,4,7-8,11-14H2. The molecule has 7 nitrogen and oxygen atoms in total. The van der Waals surface area contributed by atoms with Crippen molar-refractivity contribution in [1.82, 2.24) is 4.90 Å². The second-order valence-electron chi connectivity index (χ2n) is 7.38. The second-order valence-corrected chi connectivity index (χ2v) is 7.38. The lowest BCUT2D eigenvalue weighted by molar-refractivity contribution is -0.384. The first-order valence-corrected chi connectivity index (χ1v) is 9.76. The number of nitro groups is 1. The van der Waals surface area contributed by atoms with Crippen molar-refractivity contribution in [3.05, 3.63) is 64.2 Å². The van der Waals surface area contributed by atoms with Crippen molar-refractivity contribution in [2.45, 2.75) is 25.3 Å². The van der Waals surface area contributed by atoms with E-state index in [9.17, 15) is 14.9 Å². The van der Waals surface area contributed by atoms with Crippen LogP contribution in [-0.4, -0.2) is 48.0 Å². The third-order valence-corrected chi connectivity index (χ3v) is 5.59. The number of piperazine rings is 1. The number of carbonyl (C=O) groups is 1. The molecule has 1 aliphatic carbocycles. The molecular formula is C21H24N4O3. The number of amides is 1. The van der Waals surface area contributed by atoms with Crippen LogP contribution < -0.4 is 10.2 Å². The SMILES string of the molecule is O=C(c1ccccc1)N1CCN(c2ccc([N+](=O)[O-])c(NC3CCC3)c2)CC1. The average molecular weight is 380 g/mol. The van der Waals surface area contributed by atoms with Gasteiger partial charge < -0.3 is 15.1 Å². The quantitative estimate of drug-likeness (QED) is 0.634. The average Bonchev–Trinajstić information content (AvgIpc) is 2.70. The first kappa shape index (κ1) is 18.3. The van der Waals surface area contributed by atoms with Crippen LogP contribution in [0.4, 0.5) is 17.1 Å². The van der Waals surface area contributed by atoms with Gasteiger partial charge in [0.25, 0.3) is 11.6 Å². The van der Waals surface area contributed by atoms with E-state index in [1.165, 1.54) is 6.42 Å². The van der Waals surface area contributed by atoms with Crippen LogP contribution in [0.15, 0.2) is 48.5 Å². The van der Waals surface area contributed by atoms with Gasteiger partial charge in [-0.2, -0.15) is 0 Å². The molecule has 1 N–H and O–H groups in total. The number of benzene rings is 2. The molecule has 2 aromatic carbocycles. The number of nitro benzene ring substituents is 1. The zero-order valence-electron chi connectivity index (χ0n) is 15.7. The Bertz CT molecular complexity index is 859. The summed E-state index contributed by atoms with van der Waals surface area (Å²) < 4.78 is 0. The van der Waals surface area contributed by atoms with E-state index in [0.717, 1.165) is 18.5 Å². The lowest BCUT2D eigenvalue weighted by Crippen LogP contribution is -2.48. The highest BCUT2D eigenvalue weighted by atomic mass is 16.6. The predicted octanol–water partition coefficient (Wildman–Crippen LogP) is 3.52. The molecule has 2 fully saturated rings. The summed E-state index contributed by atoms with van der Waals surface area (Å²) in [4.78, 5) is 27.7. The van der Waals surface area contributed by atoms with Crippen LogP contribution in [0.25, 0.3) is 0 Å². The van der Waals surface area contributed by atoms with Crippen molar-refractivity contribution < 1.29 is 9.72 Å². The Labute approximate surface area is 164 Å². The van der Waals surface area contributed by atoms with Gasteiger partial charge in [0.05, 0.1) is 4.92 Å². The maximum absolute atomic E-state index is 12.6. The molecule has 1 amide bonds. The largest absolute Gasteiger partial charge is 0.377 e. The van der Waals surface area contributed by atoms with E-state index >= 15 is 0 Å². The zero-order chi connectivity index (χ0) is 19.5. The number of rotatable bonds is 5. The highest BCUT2D eigenvalue weighted by Crippen LogP contribution is 2.33. The summed E-state index contributed by atoms with van der Waals surface area (Å²) in [6, 6.07) is 14.9. The van der Waals surface area contributed by atoms with Crippen molar-refractivity contribution in [1.29, 1.82) is 0 Å². The molecule has 7 heteroatoms. The molecule has 0 bridgehead atoms. The Morgan fingerprint density at radius 1 is 1.04 bits per heavy atom. The van der Waals surface area contributed by atoms with Gasteiger partial charge in [0.15, 0.2) is 0 Å². The summed E-state index contributed by atoms with van der Waals surface area (Å²) in [5.74, 6) is 0.0521. The summed E-state index contributed by atoms with van der Waals surface area (Å²) >= 11 is 0. The molecule has 0 spiro atoms. The van der Waals surface area contributed by atoms with Crippen LogP contribution in [-0.2, 0) is 0 Å². The number of nitrogens with zero attached hydrogens (tertiary/aromatic N) is 3. The Hall–Kier alpha value is -3.09. The molecule has 28 heavy (non-hydrogen) atoms. The fraction of sp³-hybridized carbons (Fsp3) is 0.381. The fourth-order valence-corrected chi connectivity index (χ4v) is 3.70. The number of hydrogen-bond donors (Lipinski definition) is 1. The van der Waals surface area contributed by atoms with E-state index in [2.05, 4.69) is 10.2 Å². The van der Waals surface area contributed by atoms with E-state index in [1.807, 2.05) is 41.3 Å². The predicted molar refractivity (Wildman–Crippen MR) is 109 cm³/mol. The number of anilines is 2. The summed E-state index contributed by atoms with van der Waals surface area (Å²) in [7, 11) is 0. The highest BCUT2D eigenvalue weighted by molar-refractivity contribution is 5.94. The first-order chi connectivity index (χ1) is 13.6. The molecule has 1 saturated heterocycles. The molecular weight excluding hydrogens is 356 g/mol. The molecule has 2 aliphatic rings. The Morgan fingerprint density at radius 3 is 2.36 bits per heavy atom. The molecule has 1 saturated carbocycles. The third kappa shape index (κ3) is 3.78. The first-order valence-electron chi connectivity index (χ1n) is 9.76. The Balaban J connectivity index is 1.44. The minimum Gasteiger partial charge on any atom is -0.377 e. The van der Waals surface area contributed by atoms with Crippen LogP contribution in [0.5, 0.6) is 0 Å². The summed E-state index contributed by atoms with van der Waals surface area (Å²) in [6.45, 7) is 2.69. The zero-order valence-corrected chi connectivity index (χ0v) is 15.7. The van der Waals surface area contributed by atoms with Crippen LogP contribution in [0.1, 0.15) is 29.6 Å². The lowest BCUT2D eigenvalue weighted by atomic mass is 9.93. The van der Waals surface area contributed by atoms with Gasteiger partial charge in [-0.05, 0) is 43.5 Å². The molecule has 4 rings (SSSR count). The highest BCUT2D eigenvalue weighted by Gasteiger charge is 2.25. The van der Waals surface area contributed by atoms with Gasteiger partial charge in [-0.1, -0.05) is 18.2 Å². The Kier molecular flexibility index (Phi) is 5.14. The van der Waals surface area contributed by atoms with E-state index < -0.39 is 0 Å². The van der Waals surface area contributed by atoms with Gasteiger partial charge in [0.1, 0.15) is 5.69 Å². The minimum absolute atomic E-state index is 0.0521. The van der Waals surface area contributed by atoms with Crippen molar-refractivity contribution in [3.8, 4) is 0 Å². The fourth-order valence-electron chi connectivity index (χ4n) is 3.70. The van der Waals surface area contributed by atoms with Crippen molar-refractivity contribution in [2.24, 2.45) is 0 Å². The number of hydrogen-bond acceptors (Lipinski definition) is 5.